The zero-order chi connectivity index (χ0) is 23.4. The molecule has 0 bridgehead atoms. The van der Waals surface area contributed by atoms with Crippen LogP contribution >= 0.6 is 23.4 Å². The van der Waals surface area contributed by atoms with Gasteiger partial charge in [-0.25, -0.2) is 9.79 Å². The molecule has 0 aliphatic heterocycles. The summed E-state index contributed by atoms with van der Waals surface area (Å²) < 4.78 is 1.84. The number of aromatic hydroxyl groups is 1. The molecule has 1 heterocycles. The molecule has 2 N–H and O–H groups in total. The molecule has 0 spiro atoms. The number of halogens is 1. The first-order valence-electron chi connectivity index (χ1n) is 9.50. The van der Waals surface area contributed by atoms with E-state index in [-0.39, 0.29) is 22.3 Å². The summed E-state index contributed by atoms with van der Waals surface area (Å²) in [4.78, 5) is 41.9. The summed E-state index contributed by atoms with van der Waals surface area (Å²) in [6.45, 7) is 1.90. The highest BCUT2D eigenvalue weighted by atomic mass is 35.5. The maximum absolute atomic E-state index is 12.8. The van der Waals surface area contributed by atoms with E-state index in [2.05, 4.69) is 10.3 Å². The van der Waals surface area contributed by atoms with Crippen molar-refractivity contribution in [2.45, 2.75) is 6.92 Å². The molecule has 0 radical (unpaired) electrons. The van der Waals surface area contributed by atoms with E-state index < -0.39 is 17.1 Å². The Balaban J connectivity index is 1.98. The van der Waals surface area contributed by atoms with Crippen molar-refractivity contribution >= 4 is 45.7 Å². The molecule has 0 aliphatic carbocycles. The molecule has 1 aromatic heterocycles. The number of aryl methyl sites for hydroxylation is 1. The molecule has 10 heteroatoms. The molecule has 0 saturated heterocycles. The highest BCUT2D eigenvalue weighted by Gasteiger charge is 2.22. The van der Waals surface area contributed by atoms with E-state index in [1.165, 1.54) is 14.1 Å². The number of nitrogens with one attached hydrogen (secondary N) is 1. The van der Waals surface area contributed by atoms with Crippen molar-refractivity contribution in [3.63, 3.8) is 0 Å². The van der Waals surface area contributed by atoms with Gasteiger partial charge in [0.2, 0.25) is 11.8 Å². The van der Waals surface area contributed by atoms with Crippen LogP contribution in [0.25, 0.3) is 0 Å². The highest BCUT2D eigenvalue weighted by Crippen LogP contribution is 2.24. The van der Waals surface area contributed by atoms with Gasteiger partial charge in [0.15, 0.2) is 0 Å². The summed E-state index contributed by atoms with van der Waals surface area (Å²) >= 11 is 6.84. The van der Waals surface area contributed by atoms with Crippen LogP contribution in [0.5, 0.6) is 5.88 Å². The Bertz CT molecular complexity index is 1310. The second-order valence-corrected chi connectivity index (χ2v) is 8.40. The number of rotatable bonds is 5. The number of hydrogen-bond donors (Lipinski definition) is 2. The molecule has 0 fully saturated rings. The van der Waals surface area contributed by atoms with Crippen LogP contribution in [0.4, 0.5) is 11.4 Å². The number of anilines is 1. The van der Waals surface area contributed by atoms with Crippen molar-refractivity contribution < 1.29 is 9.90 Å². The summed E-state index contributed by atoms with van der Waals surface area (Å²) in [6, 6.07) is 13.9. The molecule has 0 saturated carbocycles. The minimum absolute atomic E-state index is 0.0846. The Kier molecular flexibility index (Phi) is 7.22. The number of aliphatic imine (C=N–C) groups is 1. The molecule has 0 atom stereocenters. The number of nitrogens with zero attached hydrogens (tertiary/aromatic N) is 3. The number of benzene rings is 2. The van der Waals surface area contributed by atoms with Crippen molar-refractivity contribution in [1.82, 2.24) is 9.13 Å². The van der Waals surface area contributed by atoms with E-state index in [4.69, 9.17) is 11.6 Å². The lowest BCUT2D eigenvalue weighted by atomic mass is 10.2. The topological polar surface area (TPSA) is 106 Å². The van der Waals surface area contributed by atoms with Crippen LogP contribution in [0.2, 0.25) is 5.02 Å². The third kappa shape index (κ3) is 5.30. The average Bonchev–Trinajstić information content (AvgIpc) is 2.76. The third-order valence-electron chi connectivity index (χ3n) is 4.55. The molecule has 166 valence electrons. The van der Waals surface area contributed by atoms with Gasteiger partial charge in [-0.1, -0.05) is 35.5 Å². The summed E-state index contributed by atoms with van der Waals surface area (Å²) in [5.41, 5.74) is 0.535. The van der Waals surface area contributed by atoms with E-state index in [1.54, 1.807) is 36.4 Å². The lowest BCUT2D eigenvalue weighted by Crippen LogP contribution is -2.39. The second kappa shape index (κ2) is 9.88. The van der Waals surface area contributed by atoms with Crippen LogP contribution < -0.4 is 16.6 Å². The Morgan fingerprint density at radius 3 is 2.47 bits per heavy atom. The molecule has 0 unspecified atom stereocenters. The number of carbonyl (C=O) groups is 1. The van der Waals surface area contributed by atoms with Gasteiger partial charge in [-0.15, -0.1) is 0 Å². The molecule has 0 aliphatic rings. The van der Waals surface area contributed by atoms with E-state index >= 15 is 0 Å². The fraction of sp³-hybridized carbons (Fsp3) is 0.182. The monoisotopic (exact) mass is 472 g/mol. The first-order chi connectivity index (χ1) is 15.2. The molecule has 1 amide bonds. The highest BCUT2D eigenvalue weighted by molar-refractivity contribution is 8.15. The van der Waals surface area contributed by atoms with Gasteiger partial charge < -0.3 is 10.4 Å². The Labute approximate surface area is 193 Å². The van der Waals surface area contributed by atoms with Gasteiger partial charge in [0.1, 0.15) is 10.6 Å². The van der Waals surface area contributed by atoms with Crippen molar-refractivity contribution in [3.8, 4) is 5.88 Å². The first-order valence-corrected chi connectivity index (χ1v) is 10.9. The normalized spacial score (nSPS) is 11.4. The number of thioether (sulfide) groups is 1. The Morgan fingerprint density at radius 1 is 1.12 bits per heavy atom. The van der Waals surface area contributed by atoms with Crippen LogP contribution in [0, 0.1) is 6.92 Å². The van der Waals surface area contributed by atoms with Crippen molar-refractivity contribution in [2.75, 3.05) is 11.1 Å². The van der Waals surface area contributed by atoms with E-state index in [0.717, 1.165) is 26.5 Å². The zero-order valence-corrected chi connectivity index (χ0v) is 19.2. The fourth-order valence-electron chi connectivity index (χ4n) is 2.86. The standard InChI is InChI=1S/C22H21ClN4O4S/c1-13-5-4-6-16(11-13)25-19(18-20(29)26(2)22(31)27(3)21(18)30)32-12-17(28)24-15-9-7-14(23)8-10-15/h4-11,29H,12H2,1-3H3,(H,24,28). The minimum Gasteiger partial charge on any atom is -0.494 e. The summed E-state index contributed by atoms with van der Waals surface area (Å²) in [5.74, 6) is -0.941. The summed E-state index contributed by atoms with van der Waals surface area (Å²) in [7, 11) is 2.67. The van der Waals surface area contributed by atoms with Crippen LogP contribution in [0.3, 0.4) is 0 Å². The van der Waals surface area contributed by atoms with Gasteiger partial charge >= 0.3 is 5.69 Å². The molecule has 8 nitrogen and oxygen atoms in total. The van der Waals surface area contributed by atoms with Crippen LogP contribution in [-0.4, -0.2) is 30.9 Å². The third-order valence-corrected chi connectivity index (χ3v) is 5.78. The van der Waals surface area contributed by atoms with Gasteiger partial charge in [0, 0.05) is 24.8 Å². The maximum Gasteiger partial charge on any atom is 0.333 e. The number of hydrogen-bond acceptors (Lipinski definition) is 6. The largest absolute Gasteiger partial charge is 0.494 e. The SMILES string of the molecule is Cc1cccc(N=C(SCC(=O)Nc2ccc(Cl)cc2)c2c(O)n(C)c(=O)n(C)c2=O)c1. The van der Waals surface area contributed by atoms with Crippen molar-refractivity contribution in [3.05, 3.63) is 85.5 Å². The quantitative estimate of drug-likeness (QED) is 0.438. The molecular formula is C22H21ClN4O4S. The van der Waals surface area contributed by atoms with Crippen LogP contribution in [0.15, 0.2) is 63.1 Å². The molecule has 3 aromatic rings. The molecular weight excluding hydrogens is 452 g/mol. The van der Waals surface area contributed by atoms with Crippen molar-refractivity contribution in [1.29, 1.82) is 0 Å². The number of amides is 1. The van der Waals surface area contributed by atoms with E-state index in [0.29, 0.717) is 16.4 Å². The number of aromatic nitrogens is 2. The van der Waals surface area contributed by atoms with E-state index in [1.807, 2.05) is 19.1 Å². The predicted molar refractivity (Wildman–Crippen MR) is 129 cm³/mol. The molecule has 3 rings (SSSR count). The van der Waals surface area contributed by atoms with Crippen molar-refractivity contribution in [2.24, 2.45) is 19.1 Å². The predicted octanol–water partition coefficient (Wildman–Crippen LogP) is 3.20. The van der Waals surface area contributed by atoms with Crippen LogP contribution in [-0.2, 0) is 18.9 Å². The maximum atomic E-state index is 12.8. The van der Waals surface area contributed by atoms with E-state index in [9.17, 15) is 19.5 Å². The summed E-state index contributed by atoms with van der Waals surface area (Å²) in [6.07, 6.45) is 0. The minimum atomic E-state index is -0.706. The fourth-order valence-corrected chi connectivity index (χ4v) is 3.82. The Hall–Kier alpha value is -3.30. The average molecular weight is 473 g/mol. The van der Waals surface area contributed by atoms with Gasteiger partial charge in [-0.05, 0) is 48.9 Å². The lowest BCUT2D eigenvalue weighted by molar-refractivity contribution is -0.113. The second-order valence-electron chi connectivity index (χ2n) is 7.00. The lowest BCUT2D eigenvalue weighted by Gasteiger charge is -2.12. The molecule has 2 aromatic carbocycles. The van der Waals surface area contributed by atoms with Gasteiger partial charge in [-0.2, -0.15) is 0 Å². The number of carbonyl (C=O) groups excluding carboxylic acids is 1. The smallest absolute Gasteiger partial charge is 0.333 e. The van der Waals surface area contributed by atoms with Gasteiger partial charge in [0.25, 0.3) is 5.56 Å². The van der Waals surface area contributed by atoms with Gasteiger partial charge in [-0.3, -0.25) is 18.7 Å². The van der Waals surface area contributed by atoms with Gasteiger partial charge in [0.05, 0.1) is 11.4 Å². The molecule has 32 heavy (non-hydrogen) atoms. The van der Waals surface area contributed by atoms with Crippen LogP contribution in [0.1, 0.15) is 11.1 Å². The zero-order valence-electron chi connectivity index (χ0n) is 17.6. The summed E-state index contributed by atoms with van der Waals surface area (Å²) in [5, 5.41) is 14.0. The first kappa shape index (κ1) is 23.4. The Morgan fingerprint density at radius 2 is 1.81 bits per heavy atom.